The summed E-state index contributed by atoms with van der Waals surface area (Å²) in [7, 11) is 1.71. The maximum Gasteiger partial charge on any atom is 0.246 e. The van der Waals surface area contributed by atoms with E-state index in [4.69, 9.17) is 15.5 Å². The Balaban J connectivity index is 1.61. The predicted molar refractivity (Wildman–Crippen MR) is 145 cm³/mol. The van der Waals surface area contributed by atoms with Gasteiger partial charge in [-0.1, -0.05) is 24.8 Å². The summed E-state index contributed by atoms with van der Waals surface area (Å²) in [6.07, 6.45) is 6.27. The van der Waals surface area contributed by atoms with Crippen LogP contribution in [0.1, 0.15) is 31.6 Å². The summed E-state index contributed by atoms with van der Waals surface area (Å²) in [6.45, 7) is 5.86. The molecule has 3 heterocycles. The minimum atomic E-state index is -0.518. The first-order chi connectivity index (χ1) is 18.4. The van der Waals surface area contributed by atoms with Gasteiger partial charge in [0.1, 0.15) is 40.4 Å². The van der Waals surface area contributed by atoms with Crippen molar-refractivity contribution < 1.29 is 14.3 Å². The first kappa shape index (κ1) is 25.0. The van der Waals surface area contributed by atoms with Crippen molar-refractivity contribution in [2.75, 3.05) is 19.3 Å². The number of nitrogens with zero attached hydrogens (tertiary/aromatic N) is 5. The van der Waals surface area contributed by atoms with Gasteiger partial charge in [-0.15, -0.1) is 0 Å². The van der Waals surface area contributed by atoms with Gasteiger partial charge in [-0.05, 0) is 55.3 Å². The Morgan fingerprint density at radius 1 is 1.16 bits per heavy atom. The van der Waals surface area contributed by atoms with Crippen molar-refractivity contribution in [3.05, 3.63) is 85.5 Å². The van der Waals surface area contributed by atoms with Crippen LogP contribution >= 0.6 is 0 Å². The van der Waals surface area contributed by atoms with Crippen LogP contribution in [0.4, 0.5) is 5.82 Å². The van der Waals surface area contributed by atoms with Crippen LogP contribution in [0.2, 0.25) is 0 Å². The second-order valence-corrected chi connectivity index (χ2v) is 9.31. The van der Waals surface area contributed by atoms with Crippen LogP contribution in [0.25, 0.3) is 16.8 Å². The van der Waals surface area contributed by atoms with Gasteiger partial charge in [0.2, 0.25) is 11.8 Å². The molecule has 9 heteroatoms. The van der Waals surface area contributed by atoms with Crippen molar-refractivity contribution in [1.29, 1.82) is 0 Å². The number of amides is 2. The van der Waals surface area contributed by atoms with Gasteiger partial charge in [-0.3, -0.25) is 14.0 Å². The van der Waals surface area contributed by atoms with E-state index in [1.807, 2.05) is 63.9 Å². The van der Waals surface area contributed by atoms with Crippen LogP contribution in [0.3, 0.4) is 0 Å². The maximum atomic E-state index is 12.8. The number of nitrogen functional groups attached to an aromatic ring is 1. The first-order valence-electron chi connectivity index (χ1n) is 12.5. The average molecular weight is 511 g/mol. The van der Waals surface area contributed by atoms with E-state index in [-0.39, 0.29) is 17.9 Å². The van der Waals surface area contributed by atoms with E-state index in [0.717, 1.165) is 24.2 Å². The maximum absolute atomic E-state index is 12.8. The highest BCUT2D eigenvalue weighted by atomic mass is 16.5. The lowest BCUT2D eigenvalue weighted by molar-refractivity contribution is -0.135. The molecular weight excluding hydrogens is 480 g/mol. The van der Waals surface area contributed by atoms with Crippen LogP contribution < -0.4 is 10.5 Å². The number of hydrogen-bond acceptors (Lipinski definition) is 6. The molecule has 0 saturated carbocycles. The molecule has 1 aliphatic rings. The van der Waals surface area contributed by atoms with Crippen molar-refractivity contribution in [2.45, 2.75) is 31.8 Å². The monoisotopic (exact) mass is 510 g/mol. The minimum Gasteiger partial charge on any atom is -0.457 e. The highest BCUT2D eigenvalue weighted by Gasteiger charge is 2.40. The van der Waals surface area contributed by atoms with Crippen molar-refractivity contribution >= 4 is 23.1 Å². The number of nitrogens with two attached hydrogens (primary N) is 1. The summed E-state index contributed by atoms with van der Waals surface area (Å²) in [5.41, 5.74) is 8.46. The van der Waals surface area contributed by atoms with Crippen molar-refractivity contribution in [3.8, 4) is 22.8 Å². The minimum absolute atomic E-state index is 0.0341. The third kappa shape index (κ3) is 4.58. The number of likely N-dealkylation sites (tertiary alicyclic amines) is 1. The third-order valence-electron chi connectivity index (χ3n) is 6.99. The van der Waals surface area contributed by atoms with Gasteiger partial charge in [0.05, 0.1) is 6.04 Å². The largest absolute Gasteiger partial charge is 0.457 e. The third-order valence-corrected chi connectivity index (χ3v) is 6.99. The van der Waals surface area contributed by atoms with Crippen LogP contribution in [-0.2, 0) is 9.59 Å². The number of aromatic nitrogens is 3. The number of para-hydroxylation sites is 1. The molecule has 0 aliphatic carbocycles. The van der Waals surface area contributed by atoms with Crippen molar-refractivity contribution in [1.82, 2.24) is 24.2 Å². The van der Waals surface area contributed by atoms with E-state index in [2.05, 4.69) is 11.6 Å². The molecule has 2 amide bonds. The topological polar surface area (TPSA) is 106 Å². The number of ether oxygens (including phenoxy) is 1. The fourth-order valence-corrected chi connectivity index (χ4v) is 5.20. The second-order valence-electron chi connectivity index (χ2n) is 9.31. The highest BCUT2D eigenvalue weighted by molar-refractivity contribution is 5.88. The fourth-order valence-electron chi connectivity index (χ4n) is 5.20. The van der Waals surface area contributed by atoms with E-state index < -0.39 is 6.04 Å². The summed E-state index contributed by atoms with van der Waals surface area (Å²) in [5, 5.41) is 0. The number of hydrogen-bond donors (Lipinski definition) is 1. The molecular formula is C29H30N6O3. The van der Waals surface area contributed by atoms with Crippen LogP contribution in [0, 0.1) is 0 Å². The summed E-state index contributed by atoms with van der Waals surface area (Å²) in [4.78, 5) is 38.1. The lowest BCUT2D eigenvalue weighted by Crippen LogP contribution is -2.46. The van der Waals surface area contributed by atoms with Gasteiger partial charge in [0.25, 0.3) is 0 Å². The van der Waals surface area contributed by atoms with E-state index in [9.17, 15) is 9.59 Å². The molecule has 0 radical (unpaired) electrons. The van der Waals surface area contributed by atoms with E-state index >= 15 is 0 Å². The smallest absolute Gasteiger partial charge is 0.246 e. The molecule has 5 rings (SSSR count). The molecule has 2 aromatic heterocycles. The average Bonchev–Trinajstić information content (AvgIpc) is 3.56. The molecule has 1 saturated heterocycles. The Morgan fingerprint density at radius 2 is 1.87 bits per heavy atom. The van der Waals surface area contributed by atoms with Gasteiger partial charge in [-0.25, -0.2) is 9.97 Å². The van der Waals surface area contributed by atoms with Gasteiger partial charge < -0.3 is 20.3 Å². The lowest BCUT2D eigenvalue weighted by atomic mass is 10.0. The Labute approximate surface area is 221 Å². The quantitative estimate of drug-likeness (QED) is 0.368. The SMILES string of the molecule is C=CC(=O)N(C)C(c1nc(-c2ccc(Oc3ccccc3)cc2)c2c(N)nccn12)[C@@H]1CCCN1C(C)=O. The molecule has 38 heavy (non-hydrogen) atoms. The zero-order valence-electron chi connectivity index (χ0n) is 21.4. The number of benzene rings is 2. The zero-order chi connectivity index (χ0) is 26.8. The summed E-state index contributed by atoms with van der Waals surface area (Å²) in [6, 6.07) is 16.4. The number of fused-ring (bicyclic) bond motifs is 1. The van der Waals surface area contributed by atoms with Crippen molar-refractivity contribution in [3.63, 3.8) is 0 Å². The summed E-state index contributed by atoms with van der Waals surface area (Å²) < 4.78 is 7.82. The first-order valence-corrected chi connectivity index (χ1v) is 12.5. The molecule has 4 aromatic rings. The molecule has 1 fully saturated rings. The lowest BCUT2D eigenvalue weighted by Gasteiger charge is -2.36. The number of imidazole rings is 1. The molecule has 194 valence electrons. The Hall–Kier alpha value is -4.66. The fraction of sp³-hybridized carbons (Fsp3) is 0.241. The number of carbonyl (C=O) groups excluding carboxylic acids is 2. The van der Waals surface area contributed by atoms with E-state index in [0.29, 0.717) is 35.1 Å². The summed E-state index contributed by atoms with van der Waals surface area (Å²) in [5.74, 6) is 2.06. The van der Waals surface area contributed by atoms with Crippen LogP contribution in [-0.4, -0.2) is 55.6 Å². The van der Waals surface area contributed by atoms with Gasteiger partial charge in [0.15, 0.2) is 0 Å². The van der Waals surface area contributed by atoms with Crippen LogP contribution in [0.5, 0.6) is 11.5 Å². The zero-order valence-corrected chi connectivity index (χ0v) is 21.4. The molecule has 0 spiro atoms. The summed E-state index contributed by atoms with van der Waals surface area (Å²) >= 11 is 0. The van der Waals surface area contributed by atoms with Gasteiger partial charge >= 0.3 is 0 Å². The Bertz CT molecular complexity index is 1480. The van der Waals surface area contributed by atoms with Gasteiger partial charge in [0, 0.05) is 38.5 Å². The molecule has 0 bridgehead atoms. The predicted octanol–water partition coefficient (Wildman–Crippen LogP) is 4.47. The number of anilines is 1. The highest BCUT2D eigenvalue weighted by Crippen LogP contribution is 2.37. The van der Waals surface area contributed by atoms with E-state index in [1.54, 1.807) is 31.3 Å². The molecule has 2 atom stereocenters. The standard InChI is InChI=1S/C29H30N6O3/c1-4-24(37)33(3)26(23-11-8-17-34(23)19(2)36)29-32-25(27-28(30)31-16-18-35(27)29)20-12-14-22(15-13-20)38-21-9-6-5-7-10-21/h4-7,9-10,12-16,18,23,26H,1,8,11,17H2,2-3H3,(H2,30,31)/t23-,26?/m0/s1. The Morgan fingerprint density at radius 3 is 2.55 bits per heavy atom. The van der Waals surface area contributed by atoms with Crippen molar-refractivity contribution in [2.24, 2.45) is 0 Å². The molecule has 1 aliphatic heterocycles. The molecule has 2 aromatic carbocycles. The normalized spacial score (nSPS) is 15.8. The number of rotatable bonds is 7. The Kier molecular flexibility index (Phi) is 6.83. The molecule has 9 nitrogen and oxygen atoms in total. The van der Waals surface area contributed by atoms with Crippen LogP contribution in [0.15, 0.2) is 79.6 Å². The van der Waals surface area contributed by atoms with Gasteiger partial charge in [-0.2, -0.15) is 0 Å². The van der Waals surface area contributed by atoms with E-state index in [1.165, 1.54) is 6.08 Å². The molecule has 1 unspecified atom stereocenters. The molecule has 2 N–H and O–H groups in total. The number of carbonyl (C=O) groups is 2. The second kappa shape index (κ2) is 10.4. The number of likely N-dealkylation sites (N-methyl/N-ethyl adjacent to an activating group) is 1.